The third-order valence-electron chi connectivity index (χ3n) is 5.85. The minimum Gasteiger partial charge on any atom is -0.372 e. The molecule has 2 heterocycles. The number of sulfonamides is 1. The van der Waals surface area contributed by atoms with Crippen LogP contribution in [-0.2, 0) is 14.8 Å². The first-order valence-corrected chi connectivity index (χ1v) is 13.0. The van der Waals surface area contributed by atoms with E-state index in [1.165, 1.54) is 44.9 Å². The molecule has 0 unspecified atom stereocenters. The van der Waals surface area contributed by atoms with Gasteiger partial charge in [-0.2, -0.15) is 0 Å². The Labute approximate surface area is 181 Å². The molecule has 2 aliphatic heterocycles. The summed E-state index contributed by atoms with van der Waals surface area (Å²) >= 11 is 0. The van der Waals surface area contributed by atoms with Gasteiger partial charge in [0, 0.05) is 31.0 Å². The fourth-order valence-electron chi connectivity index (χ4n) is 4.22. The van der Waals surface area contributed by atoms with E-state index in [4.69, 9.17) is 0 Å². The lowest BCUT2D eigenvalue weighted by molar-refractivity contribution is -0.118. The second-order valence-corrected chi connectivity index (χ2v) is 10.1. The second-order valence-electron chi connectivity index (χ2n) is 8.42. The van der Waals surface area contributed by atoms with Gasteiger partial charge in [-0.25, -0.2) is 8.42 Å². The van der Waals surface area contributed by atoms with Crippen LogP contribution >= 0.6 is 0 Å². The van der Waals surface area contributed by atoms with Gasteiger partial charge in [-0.1, -0.05) is 12.8 Å². The summed E-state index contributed by atoms with van der Waals surface area (Å²) in [5.74, 6) is -1.01. The first-order chi connectivity index (χ1) is 14.5. The molecule has 0 aliphatic carbocycles. The number of hydrogen-bond donors (Lipinski definition) is 2. The van der Waals surface area contributed by atoms with Crippen LogP contribution in [0.5, 0.6) is 0 Å². The molecule has 0 aromatic heterocycles. The van der Waals surface area contributed by atoms with Crippen LogP contribution in [0.15, 0.2) is 24.3 Å². The van der Waals surface area contributed by atoms with Gasteiger partial charge in [0.25, 0.3) is 0 Å². The van der Waals surface area contributed by atoms with E-state index >= 15 is 0 Å². The van der Waals surface area contributed by atoms with E-state index < -0.39 is 21.7 Å². The molecule has 0 radical (unpaired) electrons. The van der Waals surface area contributed by atoms with E-state index in [9.17, 15) is 13.2 Å². The van der Waals surface area contributed by atoms with Crippen molar-refractivity contribution in [1.29, 1.82) is 0 Å². The van der Waals surface area contributed by atoms with Crippen LogP contribution in [0.1, 0.15) is 51.4 Å². The predicted molar refractivity (Wildman–Crippen MR) is 122 cm³/mol. The summed E-state index contributed by atoms with van der Waals surface area (Å²) in [5.41, 5.74) is 1.60. The minimum absolute atomic E-state index is 0.455. The Morgan fingerprint density at radius 3 is 2.13 bits per heavy atom. The number of carbonyl (C=O) groups excluding carboxylic acids is 1. The number of rotatable bonds is 9. The maximum Gasteiger partial charge on any atom is 0.241 e. The van der Waals surface area contributed by atoms with Crippen LogP contribution in [0, 0.1) is 0 Å². The molecule has 7 nitrogen and oxygen atoms in total. The highest BCUT2D eigenvalue weighted by Crippen LogP contribution is 2.22. The summed E-state index contributed by atoms with van der Waals surface area (Å²) in [4.78, 5) is 16.8. The fraction of sp³-hybridized carbons (Fsp3) is 0.682. The van der Waals surface area contributed by atoms with Crippen molar-refractivity contribution in [3.8, 4) is 0 Å². The van der Waals surface area contributed by atoms with Gasteiger partial charge >= 0.3 is 0 Å². The Balaban J connectivity index is 1.38. The van der Waals surface area contributed by atoms with Crippen molar-refractivity contribution in [3.05, 3.63) is 24.3 Å². The number of nitrogens with zero attached hydrogens (tertiary/aromatic N) is 2. The first-order valence-electron chi connectivity index (χ1n) is 11.4. The topological polar surface area (TPSA) is 81.8 Å². The largest absolute Gasteiger partial charge is 0.372 e. The molecule has 1 amide bonds. The van der Waals surface area contributed by atoms with Gasteiger partial charge < -0.3 is 15.1 Å². The molecule has 2 aliphatic rings. The van der Waals surface area contributed by atoms with Crippen molar-refractivity contribution in [3.63, 3.8) is 0 Å². The Hall–Kier alpha value is -1.80. The zero-order chi connectivity index (χ0) is 21.2. The van der Waals surface area contributed by atoms with Gasteiger partial charge in [-0.05, 0) is 82.4 Å². The summed E-state index contributed by atoms with van der Waals surface area (Å²) < 4.78 is 27.2. The molecule has 0 spiro atoms. The van der Waals surface area contributed by atoms with Crippen molar-refractivity contribution in [2.75, 3.05) is 54.6 Å². The lowest BCUT2D eigenvalue weighted by atomic mass is 10.1. The normalized spacial score (nSPS) is 18.6. The van der Waals surface area contributed by atoms with Crippen molar-refractivity contribution < 1.29 is 13.2 Å². The van der Waals surface area contributed by atoms with Crippen LogP contribution in [0.2, 0.25) is 0 Å². The predicted octanol–water partition coefficient (Wildman–Crippen LogP) is 2.80. The summed E-state index contributed by atoms with van der Waals surface area (Å²) in [6, 6.07) is 7.40. The second kappa shape index (κ2) is 11.6. The maximum atomic E-state index is 12.3. The highest BCUT2D eigenvalue weighted by molar-refractivity contribution is 7.93. The lowest BCUT2D eigenvalue weighted by Gasteiger charge is -2.28. The average Bonchev–Trinajstić information content (AvgIpc) is 3.01. The average molecular weight is 437 g/mol. The smallest absolute Gasteiger partial charge is 0.241 e. The summed E-state index contributed by atoms with van der Waals surface area (Å²) in [6.07, 6.45) is 9.61. The third-order valence-corrected chi connectivity index (χ3v) is 7.04. The molecular weight excluding hydrogens is 400 g/mol. The SMILES string of the molecule is O=C(CS(=O)(=O)Nc1ccc(N2CCCCC2)cc1)NCCCN1CCCCCC1. The standard InChI is InChI=1S/C22H36N4O3S/c27-22(23-13-8-16-25-14-4-1-2-5-15-25)19-30(28,29)24-20-9-11-21(12-10-20)26-17-6-3-7-18-26/h9-12,24H,1-8,13-19H2,(H,23,27). The van der Waals surface area contributed by atoms with E-state index in [1.54, 1.807) is 12.1 Å². The molecule has 0 bridgehead atoms. The van der Waals surface area contributed by atoms with Crippen molar-refractivity contribution in [2.45, 2.75) is 51.4 Å². The maximum absolute atomic E-state index is 12.3. The Morgan fingerprint density at radius 2 is 1.47 bits per heavy atom. The summed E-state index contributed by atoms with van der Waals surface area (Å²) in [7, 11) is -3.72. The Morgan fingerprint density at radius 1 is 0.867 bits per heavy atom. The highest BCUT2D eigenvalue weighted by atomic mass is 32.2. The number of hydrogen-bond acceptors (Lipinski definition) is 5. The molecular formula is C22H36N4O3S. The van der Waals surface area contributed by atoms with E-state index in [2.05, 4.69) is 19.8 Å². The van der Waals surface area contributed by atoms with Gasteiger partial charge in [0.15, 0.2) is 0 Å². The van der Waals surface area contributed by atoms with E-state index in [0.29, 0.717) is 12.2 Å². The van der Waals surface area contributed by atoms with Crippen LogP contribution in [0.4, 0.5) is 11.4 Å². The fourth-order valence-corrected chi connectivity index (χ4v) is 5.24. The molecule has 2 saturated heterocycles. The van der Waals surface area contributed by atoms with Gasteiger partial charge in [0.2, 0.25) is 15.9 Å². The van der Waals surface area contributed by atoms with Crippen molar-refractivity contribution >= 4 is 27.3 Å². The number of piperidine rings is 1. The molecule has 30 heavy (non-hydrogen) atoms. The van der Waals surface area contributed by atoms with E-state index in [-0.39, 0.29) is 0 Å². The lowest BCUT2D eigenvalue weighted by Crippen LogP contribution is -2.35. The number of amides is 1. The molecule has 1 aromatic carbocycles. The van der Waals surface area contributed by atoms with E-state index in [0.717, 1.165) is 44.8 Å². The molecule has 168 valence electrons. The van der Waals surface area contributed by atoms with Crippen LogP contribution in [0.3, 0.4) is 0 Å². The summed E-state index contributed by atoms with van der Waals surface area (Å²) in [5, 5.41) is 2.74. The quantitative estimate of drug-likeness (QED) is 0.582. The van der Waals surface area contributed by atoms with Crippen LogP contribution < -0.4 is 14.9 Å². The number of anilines is 2. The van der Waals surface area contributed by atoms with Gasteiger partial charge in [0.1, 0.15) is 5.75 Å². The molecule has 2 fully saturated rings. The molecule has 3 rings (SSSR count). The van der Waals surface area contributed by atoms with E-state index in [1.807, 2.05) is 12.1 Å². The van der Waals surface area contributed by atoms with Gasteiger partial charge in [0.05, 0.1) is 0 Å². The van der Waals surface area contributed by atoms with Crippen LogP contribution in [0.25, 0.3) is 0 Å². The van der Waals surface area contributed by atoms with Crippen LogP contribution in [-0.4, -0.2) is 64.2 Å². The summed E-state index contributed by atoms with van der Waals surface area (Å²) in [6.45, 7) is 5.81. The number of benzene rings is 1. The van der Waals surface area contributed by atoms with Gasteiger partial charge in [-0.15, -0.1) is 0 Å². The zero-order valence-corrected chi connectivity index (χ0v) is 18.8. The number of carbonyl (C=O) groups is 1. The molecule has 1 aromatic rings. The number of likely N-dealkylation sites (tertiary alicyclic amines) is 1. The molecule has 2 N–H and O–H groups in total. The monoisotopic (exact) mass is 436 g/mol. The van der Waals surface area contributed by atoms with Crippen molar-refractivity contribution in [2.24, 2.45) is 0 Å². The third kappa shape index (κ3) is 7.80. The Bertz CT molecular complexity index is 753. The molecule has 8 heteroatoms. The molecule has 0 atom stereocenters. The number of nitrogens with one attached hydrogen (secondary N) is 2. The molecule has 0 saturated carbocycles. The zero-order valence-electron chi connectivity index (χ0n) is 17.9. The highest BCUT2D eigenvalue weighted by Gasteiger charge is 2.17. The van der Waals surface area contributed by atoms with Crippen molar-refractivity contribution in [1.82, 2.24) is 10.2 Å². The minimum atomic E-state index is -3.72. The van der Waals surface area contributed by atoms with Gasteiger partial charge in [-0.3, -0.25) is 9.52 Å². The first kappa shape index (κ1) is 22.9. The Kier molecular flexibility index (Phi) is 8.81.